The van der Waals surface area contributed by atoms with Crippen molar-refractivity contribution in [3.8, 4) is 0 Å². The third-order valence-electron chi connectivity index (χ3n) is 1.76. The Morgan fingerprint density at radius 1 is 1.47 bits per heavy atom. The third-order valence-corrected chi connectivity index (χ3v) is 2.66. The molecule has 1 aromatic rings. The van der Waals surface area contributed by atoms with Crippen molar-refractivity contribution in [2.45, 2.75) is 11.8 Å². The molecular formula is C8H8N2O6S. The van der Waals surface area contributed by atoms with Crippen molar-refractivity contribution in [3.05, 3.63) is 28.3 Å². The molecule has 0 aliphatic heterocycles. The molecule has 0 bridgehead atoms. The number of nitro benzene ring substituents is 1. The van der Waals surface area contributed by atoms with Gasteiger partial charge in [0, 0.05) is 19.1 Å². The molecule has 17 heavy (non-hydrogen) atoms. The van der Waals surface area contributed by atoms with Gasteiger partial charge in [0.05, 0.1) is 10.6 Å². The lowest BCUT2D eigenvalue weighted by molar-refractivity contribution is -0.385. The SMILES string of the molecule is CC(=O)Nc1ccc([N+](=O)[O-])cc1S(=O)(=O)O. The highest BCUT2D eigenvalue weighted by Crippen LogP contribution is 2.26. The van der Waals surface area contributed by atoms with Gasteiger partial charge < -0.3 is 5.32 Å². The second-order valence-corrected chi connectivity index (χ2v) is 4.48. The Labute approximate surface area is 96.2 Å². The van der Waals surface area contributed by atoms with E-state index in [0.29, 0.717) is 6.07 Å². The first-order valence-corrected chi connectivity index (χ1v) is 5.69. The lowest BCUT2D eigenvalue weighted by Crippen LogP contribution is -2.11. The molecule has 0 aliphatic carbocycles. The van der Waals surface area contributed by atoms with Crippen molar-refractivity contribution in [2.24, 2.45) is 0 Å². The van der Waals surface area contributed by atoms with Crippen LogP contribution in [0.5, 0.6) is 0 Å². The van der Waals surface area contributed by atoms with E-state index in [1.165, 1.54) is 0 Å². The van der Waals surface area contributed by atoms with Gasteiger partial charge in [0.2, 0.25) is 5.91 Å². The fourth-order valence-corrected chi connectivity index (χ4v) is 1.80. The van der Waals surface area contributed by atoms with E-state index in [9.17, 15) is 23.3 Å². The van der Waals surface area contributed by atoms with Crippen LogP contribution in [0.2, 0.25) is 0 Å². The minimum Gasteiger partial charge on any atom is -0.325 e. The number of hydrogen-bond donors (Lipinski definition) is 2. The van der Waals surface area contributed by atoms with E-state index in [4.69, 9.17) is 4.55 Å². The molecule has 0 unspecified atom stereocenters. The Morgan fingerprint density at radius 2 is 2.06 bits per heavy atom. The van der Waals surface area contributed by atoms with Crippen molar-refractivity contribution >= 4 is 27.4 Å². The number of amides is 1. The van der Waals surface area contributed by atoms with Gasteiger partial charge in [-0.3, -0.25) is 19.5 Å². The molecule has 0 saturated heterocycles. The third kappa shape index (κ3) is 3.23. The summed E-state index contributed by atoms with van der Waals surface area (Å²) >= 11 is 0. The maximum atomic E-state index is 11.0. The predicted octanol–water partition coefficient (Wildman–Crippen LogP) is 0.800. The average molecular weight is 260 g/mol. The molecule has 0 aromatic heterocycles. The first-order valence-electron chi connectivity index (χ1n) is 4.25. The molecular weight excluding hydrogens is 252 g/mol. The number of nitro groups is 1. The van der Waals surface area contributed by atoms with Gasteiger partial charge >= 0.3 is 0 Å². The van der Waals surface area contributed by atoms with Crippen molar-refractivity contribution in [1.82, 2.24) is 0 Å². The molecule has 0 heterocycles. The monoisotopic (exact) mass is 260 g/mol. The maximum absolute atomic E-state index is 11.0. The van der Waals surface area contributed by atoms with Crippen LogP contribution in [0.25, 0.3) is 0 Å². The molecule has 0 saturated carbocycles. The number of carbonyl (C=O) groups is 1. The van der Waals surface area contributed by atoms with Crippen LogP contribution < -0.4 is 5.32 Å². The summed E-state index contributed by atoms with van der Waals surface area (Å²) in [6.45, 7) is 1.13. The normalized spacial score (nSPS) is 10.9. The molecule has 92 valence electrons. The number of nitrogens with one attached hydrogen (secondary N) is 1. The van der Waals surface area contributed by atoms with Crippen LogP contribution in [0, 0.1) is 10.1 Å². The standard InChI is InChI=1S/C8H8N2O6S/c1-5(11)9-7-3-2-6(10(12)13)4-8(7)17(14,15)16/h2-4H,1H3,(H,9,11)(H,14,15,16). The Balaban J connectivity index is 3.42. The van der Waals surface area contributed by atoms with Gasteiger partial charge in [-0.1, -0.05) is 0 Å². The van der Waals surface area contributed by atoms with E-state index in [-0.39, 0.29) is 5.69 Å². The van der Waals surface area contributed by atoms with E-state index in [0.717, 1.165) is 19.1 Å². The number of rotatable bonds is 3. The molecule has 1 amide bonds. The summed E-state index contributed by atoms with van der Waals surface area (Å²) < 4.78 is 30.9. The van der Waals surface area contributed by atoms with Gasteiger partial charge in [-0.2, -0.15) is 8.42 Å². The van der Waals surface area contributed by atoms with Crippen LogP contribution in [-0.4, -0.2) is 23.8 Å². The number of nitrogens with zero attached hydrogens (tertiary/aromatic N) is 1. The minimum absolute atomic E-state index is 0.217. The summed E-state index contributed by atoms with van der Waals surface area (Å²) in [5.41, 5.74) is -0.725. The number of carbonyl (C=O) groups excluding carboxylic acids is 1. The zero-order valence-corrected chi connectivity index (χ0v) is 9.39. The molecule has 0 radical (unpaired) electrons. The Bertz CT molecular complexity index is 580. The van der Waals surface area contributed by atoms with Crippen LogP contribution in [0.1, 0.15) is 6.92 Å². The zero-order valence-electron chi connectivity index (χ0n) is 8.58. The summed E-state index contributed by atoms with van der Waals surface area (Å²) in [6, 6.07) is 2.71. The number of non-ortho nitro benzene ring substituents is 1. The fraction of sp³-hybridized carbons (Fsp3) is 0.125. The van der Waals surface area contributed by atoms with Crippen molar-refractivity contribution in [3.63, 3.8) is 0 Å². The molecule has 0 aliphatic rings. The van der Waals surface area contributed by atoms with E-state index < -0.39 is 31.5 Å². The van der Waals surface area contributed by atoms with Crippen molar-refractivity contribution in [2.75, 3.05) is 5.32 Å². The second kappa shape index (κ2) is 4.47. The Hall–Kier alpha value is -2.00. The first kappa shape index (κ1) is 13.1. The van der Waals surface area contributed by atoms with Crippen molar-refractivity contribution in [1.29, 1.82) is 0 Å². The van der Waals surface area contributed by atoms with Gasteiger partial charge in [0.15, 0.2) is 0 Å². The van der Waals surface area contributed by atoms with Crippen LogP contribution in [0.15, 0.2) is 23.1 Å². The topological polar surface area (TPSA) is 127 Å². The number of hydrogen-bond acceptors (Lipinski definition) is 5. The largest absolute Gasteiger partial charge is 0.325 e. The molecule has 0 spiro atoms. The molecule has 0 fully saturated rings. The highest BCUT2D eigenvalue weighted by atomic mass is 32.2. The van der Waals surface area contributed by atoms with E-state index in [2.05, 4.69) is 5.32 Å². The number of anilines is 1. The smallest absolute Gasteiger partial charge is 0.296 e. The quantitative estimate of drug-likeness (QED) is 0.470. The summed E-state index contributed by atoms with van der Waals surface area (Å²) in [6.07, 6.45) is 0. The maximum Gasteiger partial charge on any atom is 0.296 e. The molecule has 2 N–H and O–H groups in total. The van der Waals surface area contributed by atoms with Crippen LogP contribution in [0.4, 0.5) is 11.4 Å². The summed E-state index contributed by atoms with van der Waals surface area (Å²) in [5, 5.41) is 12.6. The lowest BCUT2D eigenvalue weighted by atomic mass is 10.3. The summed E-state index contributed by atoms with van der Waals surface area (Å²) in [4.78, 5) is 19.7. The average Bonchev–Trinajstić information content (AvgIpc) is 2.15. The Kier molecular flexibility index (Phi) is 3.44. The summed E-state index contributed by atoms with van der Waals surface area (Å²) in [5.74, 6) is -0.566. The first-order chi connectivity index (χ1) is 7.71. The molecule has 1 aromatic carbocycles. The van der Waals surface area contributed by atoms with E-state index in [1.54, 1.807) is 0 Å². The van der Waals surface area contributed by atoms with Gasteiger partial charge in [-0.25, -0.2) is 0 Å². The molecule has 1 rings (SSSR count). The van der Waals surface area contributed by atoms with Crippen LogP contribution in [-0.2, 0) is 14.9 Å². The van der Waals surface area contributed by atoms with E-state index >= 15 is 0 Å². The fourth-order valence-electron chi connectivity index (χ4n) is 1.13. The summed E-state index contributed by atoms with van der Waals surface area (Å²) in [7, 11) is -4.65. The number of benzene rings is 1. The van der Waals surface area contributed by atoms with Gasteiger partial charge in [0.25, 0.3) is 15.8 Å². The molecule has 9 heteroatoms. The van der Waals surface area contributed by atoms with Gasteiger partial charge in [-0.05, 0) is 6.07 Å². The predicted molar refractivity (Wildman–Crippen MR) is 57.2 cm³/mol. The minimum atomic E-state index is -4.65. The van der Waals surface area contributed by atoms with Gasteiger partial charge in [-0.15, -0.1) is 0 Å². The molecule has 0 atom stereocenters. The van der Waals surface area contributed by atoms with Crippen LogP contribution in [0.3, 0.4) is 0 Å². The lowest BCUT2D eigenvalue weighted by Gasteiger charge is -2.06. The van der Waals surface area contributed by atoms with Crippen LogP contribution >= 0.6 is 0 Å². The van der Waals surface area contributed by atoms with E-state index in [1.807, 2.05) is 0 Å². The molecule has 8 nitrogen and oxygen atoms in total. The Morgan fingerprint density at radius 3 is 2.47 bits per heavy atom. The van der Waals surface area contributed by atoms with Gasteiger partial charge in [0.1, 0.15) is 4.90 Å². The van der Waals surface area contributed by atoms with Crippen molar-refractivity contribution < 1.29 is 22.7 Å². The highest BCUT2D eigenvalue weighted by Gasteiger charge is 2.20. The second-order valence-electron chi connectivity index (χ2n) is 3.09. The highest BCUT2D eigenvalue weighted by molar-refractivity contribution is 7.86. The zero-order chi connectivity index (χ0) is 13.2.